The number of ether oxygens (including phenoxy) is 4. The van der Waals surface area contributed by atoms with Crippen LogP contribution in [-0.4, -0.2) is 87.4 Å². The minimum atomic E-state index is -1.50. The number of carbonyl (C=O) groups excluding carboxylic acids is 2. The molecule has 0 amide bonds. The van der Waals surface area contributed by atoms with E-state index in [1.165, 1.54) is 250 Å². The van der Waals surface area contributed by atoms with Crippen molar-refractivity contribution in [2.45, 2.75) is 328 Å². The maximum atomic E-state index is 12.9. The van der Waals surface area contributed by atoms with Crippen LogP contribution in [0.3, 0.4) is 0 Å². The zero-order valence-electron chi connectivity index (χ0n) is 47.5. The molecule has 0 fully saturated rings. The van der Waals surface area contributed by atoms with Crippen molar-refractivity contribution in [3.8, 4) is 0 Å². The number of likely N-dealkylation sites (N-methyl/N-ethyl adjacent to an activating group) is 1. The maximum Gasteiger partial charge on any atom is 0.361 e. The van der Waals surface area contributed by atoms with Crippen molar-refractivity contribution in [2.24, 2.45) is 0 Å². The fourth-order valence-electron chi connectivity index (χ4n) is 9.37. The van der Waals surface area contributed by atoms with Crippen molar-refractivity contribution in [3.05, 3.63) is 0 Å². The highest BCUT2D eigenvalue weighted by atomic mass is 16.7. The Bertz CT molecular complexity index is 1110. The Morgan fingerprint density at radius 2 is 0.643 bits per heavy atom. The van der Waals surface area contributed by atoms with Gasteiger partial charge in [0.1, 0.15) is 13.2 Å². The highest BCUT2D eigenvalue weighted by Crippen LogP contribution is 2.18. The van der Waals surface area contributed by atoms with Gasteiger partial charge in [-0.15, -0.1) is 0 Å². The third-order valence-corrected chi connectivity index (χ3v) is 14.1. The van der Waals surface area contributed by atoms with Gasteiger partial charge in [-0.25, -0.2) is 4.79 Å². The van der Waals surface area contributed by atoms with Crippen LogP contribution in [0.2, 0.25) is 0 Å². The third kappa shape index (κ3) is 54.1. The lowest BCUT2D eigenvalue weighted by atomic mass is 10.0. The molecule has 416 valence electrons. The zero-order chi connectivity index (χ0) is 51.3. The number of aliphatic carboxylic acids is 1. The van der Waals surface area contributed by atoms with Crippen LogP contribution in [0.1, 0.15) is 316 Å². The average Bonchev–Trinajstić information content (AvgIpc) is 3.33. The van der Waals surface area contributed by atoms with Crippen LogP contribution in [0.15, 0.2) is 0 Å². The van der Waals surface area contributed by atoms with Gasteiger partial charge in [-0.1, -0.05) is 290 Å². The summed E-state index contributed by atoms with van der Waals surface area (Å²) in [6.45, 7) is 4.95. The van der Waals surface area contributed by atoms with E-state index >= 15 is 0 Å². The van der Waals surface area contributed by atoms with E-state index in [1.807, 2.05) is 21.1 Å². The summed E-state index contributed by atoms with van der Waals surface area (Å²) in [4.78, 5) is 37.4. The standard InChI is InChI=1S/C61H119NO8/c1-6-8-10-12-14-16-18-20-22-24-26-27-28-29-30-31-32-33-34-36-38-40-42-44-46-48-50-52-59(64)70-57(56-69-61(60(65)66)67-54-53-62(3,4)5)55-68-58(63)51-49-47-45-43-41-39-37-35-25-23-21-19-17-15-13-11-9-7-2/h57,61H,6-56H2,1-5H3/p+1. The van der Waals surface area contributed by atoms with Crippen LogP contribution in [0.25, 0.3) is 0 Å². The largest absolute Gasteiger partial charge is 0.477 e. The second-order valence-electron chi connectivity index (χ2n) is 22.4. The van der Waals surface area contributed by atoms with E-state index in [-0.39, 0.29) is 38.2 Å². The summed E-state index contributed by atoms with van der Waals surface area (Å²) in [7, 11) is 5.99. The number of quaternary nitrogens is 1. The summed E-state index contributed by atoms with van der Waals surface area (Å²) in [5.41, 5.74) is 0. The van der Waals surface area contributed by atoms with Gasteiger partial charge in [0.2, 0.25) is 0 Å². The molecule has 9 nitrogen and oxygen atoms in total. The molecule has 0 aliphatic carbocycles. The first-order chi connectivity index (χ1) is 34.1. The Hall–Kier alpha value is -1.71. The lowest BCUT2D eigenvalue weighted by Gasteiger charge is -2.25. The minimum Gasteiger partial charge on any atom is -0.477 e. The molecule has 0 bridgehead atoms. The van der Waals surface area contributed by atoms with Crippen LogP contribution in [0.5, 0.6) is 0 Å². The predicted octanol–water partition coefficient (Wildman–Crippen LogP) is 18.0. The second-order valence-corrected chi connectivity index (χ2v) is 22.4. The van der Waals surface area contributed by atoms with Crippen LogP contribution in [0, 0.1) is 0 Å². The monoisotopic (exact) mass is 995 g/mol. The summed E-state index contributed by atoms with van der Waals surface area (Å²) >= 11 is 0. The van der Waals surface area contributed by atoms with E-state index < -0.39 is 18.4 Å². The molecule has 0 radical (unpaired) electrons. The molecule has 0 saturated carbocycles. The highest BCUT2D eigenvalue weighted by molar-refractivity contribution is 5.71. The molecule has 0 saturated heterocycles. The fraction of sp³-hybridized carbons (Fsp3) is 0.951. The number of hydrogen-bond acceptors (Lipinski definition) is 7. The van der Waals surface area contributed by atoms with Crippen molar-refractivity contribution < 1.29 is 42.9 Å². The Labute approximate surface area is 434 Å². The van der Waals surface area contributed by atoms with Gasteiger partial charge >= 0.3 is 17.9 Å². The molecular formula is C61H120NO8+. The number of nitrogens with zero attached hydrogens (tertiary/aromatic N) is 1. The van der Waals surface area contributed by atoms with Gasteiger partial charge in [-0.05, 0) is 12.8 Å². The summed E-state index contributed by atoms with van der Waals surface area (Å²) in [5, 5.41) is 9.71. The molecule has 70 heavy (non-hydrogen) atoms. The lowest BCUT2D eigenvalue weighted by Crippen LogP contribution is -2.40. The first kappa shape index (κ1) is 68.3. The zero-order valence-corrected chi connectivity index (χ0v) is 47.5. The molecule has 0 rings (SSSR count). The Morgan fingerprint density at radius 1 is 0.371 bits per heavy atom. The number of hydrogen-bond donors (Lipinski definition) is 1. The smallest absolute Gasteiger partial charge is 0.361 e. The molecule has 2 unspecified atom stereocenters. The van der Waals surface area contributed by atoms with E-state index in [0.717, 1.165) is 38.5 Å². The van der Waals surface area contributed by atoms with Gasteiger partial charge in [0.05, 0.1) is 34.4 Å². The molecule has 0 spiro atoms. The molecule has 2 atom stereocenters. The molecular weight excluding hydrogens is 875 g/mol. The number of carboxylic acid groups (broad SMARTS) is 1. The number of esters is 2. The Kier molecular flexibility index (Phi) is 52.3. The molecule has 0 aromatic heterocycles. The normalized spacial score (nSPS) is 12.6. The summed E-state index contributed by atoms with van der Waals surface area (Å²) in [6.07, 6.45) is 57.6. The van der Waals surface area contributed by atoms with Gasteiger partial charge in [0.25, 0.3) is 6.29 Å². The van der Waals surface area contributed by atoms with E-state index in [1.54, 1.807) is 0 Å². The van der Waals surface area contributed by atoms with Crippen molar-refractivity contribution >= 4 is 17.9 Å². The summed E-state index contributed by atoms with van der Waals surface area (Å²) in [6, 6.07) is 0. The van der Waals surface area contributed by atoms with Crippen molar-refractivity contribution in [1.29, 1.82) is 0 Å². The Balaban J connectivity index is 4.12. The SMILES string of the molecule is CCCCCCCCCCCCCCCCCCCCCCCCCCCCCC(=O)OC(COC(=O)CCCCCCCCCCCCCCCCCCCC)COC(OCC[N+](C)(C)C)C(=O)O. The van der Waals surface area contributed by atoms with Gasteiger partial charge in [-0.3, -0.25) is 9.59 Å². The third-order valence-electron chi connectivity index (χ3n) is 14.1. The van der Waals surface area contributed by atoms with Crippen molar-refractivity contribution in [1.82, 2.24) is 0 Å². The molecule has 0 heterocycles. The molecule has 9 heteroatoms. The highest BCUT2D eigenvalue weighted by Gasteiger charge is 2.25. The first-order valence-corrected chi connectivity index (χ1v) is 30.7. The quantitative estimate of drug-likeness (QED) is 0.0278. The maximum absolute atomic E-state index is 12.9. The second kappa shape index (κ2) is 53.6. The van der Waals surface area contributed by atoms with Crippen LogP contribution in [-0.2, 0) is 33.3 Å². The number of unbranched alkanes of at least 4 members (excludes halogenated alkanes) is 43. The van der Waals surface area contributed by atoms with E-state index in [0.29, 0.717) is 17.4 Å². The van der Waals surface area contributed by atoms with Crippen LogP contribution >= 0.6 is 0 Å². The number of carboxylic acids is 1. The van der Waals surface area contributed by atoms with Crippen molar-refractivity contribution in [3.63, 3.8) is 0 Å². The van der Waals surface area contributed by atoms with E-state index in [9.17, 15) is 19.5 Å². The van der Waals surface area contributed by atoms with Gasteiger partial charge in [0, 0.05) is 12.8 Å². The molecule has 0 aliphatic heterocycles. The predicted molar refractivity (Wildman–Crippen MR) is 295 cm³/mol. The Morgan fingerprint density at radius 3 is 0.914 bits per heavy atom. The van der Waals surface area contributed by atoms with Gasteiger partial charge in [-0.2, -0.15) is 0 Å². The van der Waals surface area contributed by atoms with E-state index in [2.05, 4.69) is 13.8 Å². The van der Waals surface area contributed by atoms with E-state index in [4.69, 9.17) is 18.9 Å². The lowest BCUT2D eigenvalue weighted by molar-refractivity contribution is -0.870. The summed E-state index contributed by atoms with van der Waals surface area (Å²) in [5.74, 6) is -1.97. The molecule has 0 aromatic rings. The number of carbonyl (C=O) groups is 3. The molecule has 0 aliphatic rings. The number of rotatable bonds is 58. The van der Waals surface area contributed by atoms with Gasteiger partial charge in [0.15, 0.2) is 6.10 Å². The first-order valence-electron chi connectivity index (χ1n) is 30.7. The molecule has 0 aromatic carbocycles. The van der Waals surface area contributed by atoms with Crippen LogP contribution < -0.4 is 0 Å². The van der Waals surface area contributed by atoms with Gasteiger partial charge < -0.3 is 28.5 Å². The fourth-order valence-corrected chi connectivity index (χ4v) is 9.37. The van der Waals surface area contributed by atoms with Crippen molar-refractivity contribution in [2.75, 3.05) is 47.5 Å². The topological polar surface area (TPSA) is 108 Å². The molecule has 1 N–H and O–H groups in total. The van der Waals surface area contributed by atoms with Crippen LogP contribution in [0.4, 0.5) is 0 Å². The minimum absolute atomic E-state index is 0.172. The summed E-state index contributed by atoms with van der Waals surface area (Å²) < 4.78 is 22.9. The average molecular weight is 996 g/mol.